The molecule has 0 radical (unpaired) electrons. The minimum absolute atomic E-state index is 0.0440. The van der Waals surface area contributed by atoms with Gasteiger partial charge >= 0.3 is 0 Å². The number of Topliss-reactive ketones (excluding diaryl/α,β-unsaturated/α-hetero) is 1. The molecule has 0 bridgehead atoms. The molecular formula is C20H21N3O3S2. The minimum Gasteiger partial charge on any atom is -0.495 e. The van der Waals surface area contributed by atoms with Crippen molar-refractivity contribution >= 4 is 39.7 Å². The number of nitrogens with one attached hydrogen (secondary N) is 1. The van der Waals surface area contributed by atoms with Crippen molar-refractivity contribution < 1.29 is 14.3 Å². The number of thioether (sulfide) groups is 1. The average molecular weight is 416 g/mol. The van der Waals surface area contributed by atoms with Gasteiger partial charge in [0.1, 0.15) is 11.5 Å². The Bertz CT molecular complexity index is 928. The van der Waals surface area contributed by atoms with E-state index in [9.17, 15) is 4.79 Å². The summed E-state index contributed by atoms with van der Waals surface area (Å²) in [6.07, 6.45) is 0. The summed E-state index contributed by atoms with van der Waals surface area (Å²) in [6.45, 7) is 4.40. The molecule has 0 aliphatic heterocycles. The molecule has 0 saturated carbocycles. The lowest BCUT2D eigenvalue weighted by Crippen LogP contribution is -2.13. The molecule has 6 nitrogen and oxygen atoms in total. The van der Waals surface area contributed by atoms with Crippen molar-refractivity contribution in [1.29, 1.82) is 0 Å². The Morgan fingerprint density at radius 2 is 1.93 bits per heavy atom. The third kappa shape index (κ3) is 5.02. The summed E-state index contributed by atoms with van der Waals surface area (Å²) in [5.41, 5.74) is 1.47. The van der Waals surface area contributed by atoms with Gasteiger partial charge in [-0.05, 0) is 50.2 Å². The van der Waals surface area contributed by atoms with Crippen LogP contribution in [0.2, 0.25) is 0 Å². The monoisotopic (exact) mass is 415 g/mol. The van der Waals surface area contributed by atoms with Crippen molar-refractivity contribution in [3.8, 4) is 11.5 Å². The summed E-state index contributed by atoms with van der Waals surface area (Å²) < 4.78 is 11.5. The van der Waals surface area contributed by atoms with Gasteiger partial charge < -0.3 is 14.8 Å². The molecule has 0 aliphatic rings. The van der Waals surface area contributed by atoms with Crippen molar-refractivity contribution in [2.24, 2.45) is 0 Å². The maximum absolute atomic E-state index is 12.7. The first-order valence-electron chi connectivity index (χ1n) is 8.78. The molecule has 1 N–H and O–H groups in total. The van der Waals surface area contributed by atoms with E-state index >= 15 is 0 Å². The number of ether oxygens (including phenoxy) is 2. The van der Waals surface area contributed by atoms with Gasteiger partial charge in [0.2, 0.25) is 5.13 Å². The van der Waals surface area contributed by atoms with Gasteiger partial charge in [-0.15, -0.1) is 10.2 Å². The van der Waals surface area contributed by atoms with Crippen molar-refractivity contribution in [3.05, 3.63) is 54.1 Å². The highest BCUT2D eigenvalue weighted by Gasteiger charge is 2.19. The van der Waals surface area contributed by atoms with Gasteiger partial charge in [-0.3, -0.25) is 4.79 Å². The number of methoxy groups -OCH3 is 1. The second-order valence-corrected chi connectivity index (χ2v) is 8.35. The van der Waals surface area contributed by atoms with Gasteiger partial charge in [0.25, 0.3) is 0 Å². The molecule has 3 aromatic rings. The van der Waals surface area contributed by atoms with Crippen LogP contribution in [0.1, 0.15) is 24.2 Å². The normalized spacial score (nSPS) is 11.7. The number of para-hydroxylation sites is 2. The van der Waals surface area contributed by atoms with E-state index in [1.54, 1.807) is 19.2 Å². The molecule has 1 atom stereocenters. The Balaban J connectivity index is 1.63. The lowest BCUT2D eigenvalue weighted by molar-refractivity contribution is 0.0994. The number of ketones is 1. The van der Waals surface area contributed by atoms with E-state index in [4.69, 9.17) is 9.47 Å². The minimum atomic E-state index is -0.273. The van der Waals surface area contributed by atoms with Crippen LogP contribution in [0.3, 0.4) is 0 Å². The van der Waals surface area contributed by atoms with Crippen LogP contribution in [0, 0.1) is 0 Å². The Labute approximate surface area is 172 Å². The lowest BCUT2D eigenvalue weighted by Gasteiger charge is -2.09. The fourth-order valence-corrected chi connectivity index (χ4v) is 4.48. The molecule has 0 fully saturated rings. The summed E-state index contributed by atoms with van der Waals surface area (Å²) in [5, 5.41) is 11.9. The molecule has 0 amide bonds. The van der Waals surface area contributed by atoms with Crippen LogP contribution in [0.4, 0.5) is 10.8 Å². The van der Waals surface area contributed by atoms with Crippen molar-refractivity contribution in [2.75, 3.05) is 19.0 Å². The van der Waals surface area contributed by atoms with E-state index in [0.29, 0.717) is 17.3 Å². The zero-order valence-corrected chi connectivity index (χ0v) is 17.5. The first-order valence-corrected chi connectivity index (χ1v) is 10.5. The van der Waals surface area contributed by atoms with Crippen LogP contribution in [-0.2, 0) is 0 Å². The van der Waals surface area contributed by atoms with Crippen LogP contribution in [-0.4, -0.2) is 34.9 Å². The Hall–Kier alpha value is -2.58. The molecule has 0 saturated heterocycles. The largest absolute Gasteiger partial charge is 0.495 e. The van der Waals surface area contributed by atoms with E-state index in [2.05, 4.69) is 15.5 Å². The van der Waals surface area contributed by atoms with Crippen LogP contribution >= 0.6 is 23.1 Å². The van der Waals surface area contributed by atoms with Crippen LogP contribution in [0.25, 0.3) is 0 Å². The number of carbonyl (C=O) groups excluding carboxylic acids is 1. The van der Waals surface area contributed by atoms with Crippen molar-refractivity contribution in [1.82, 2.24) is 10.2 Å². The Kier molecular flexibility index (Phi) is 6.89. The van der Waals surface area contributed by atoms with Crippen molar-refractivity contribution in [2.45, 2.75) is 23.4 Å². The third-order valence-corrected chi connectivity index (χ3v) is 5.87. The predicted molar refractivity (Wildman–Crippen MR) is 113 cm³/mol. The van der Waals surface area contributed by atoms with Crippen molar-refractivity contribution in [3.63, 3.8) is 0 Å². The predicted octanol–water partition coefficient (Wildman–Crippen LogP) is 5.05. The summed E-state index contributed by atoms with van der Waals surface area (Å²) in [6, 6.07) is 14.8. The number of hydrogen-bond acceptors (Lipinski definition) is 8. The number of rotatable bonds is 9. The maximum Gasteiger partial charge on any atom is 0.210 e. The van der Waals surface area contributed by atoms with E-state index < -0.39 is 0 Å². The second kappa shape index (κ2) is 9.57. The fraction of sp³-hybridized carbons (Fsp3) is 0.250. The van der Waals surface area contributed by atoms with Gasteiger partial charge in [-0.25, -0.2) is 0 Å². The summed E-state index contributed by atoms with van der Waals surface area (Å²) >= 11 is 2.79. The van der Waals surface area contributed by atoms with E-state index in [1.165, 1.54) is 23.1 Å². The van der Waals surface area contributed by atoms with E-state index in [-0.39, 0.29) is 11.0 Å². The van der Waals surface area contributed by atoms with Gasteiger partial charge in [0.15, 0.2) is 10.1 Å². The molecule has 8 heteroatoms. The summed E-state index contributed by atoms with van der Waals surface area (Å²) in [5.74, 6) is 1.53. The number of aromatic nitrogens is 2. The topological polar surface area (TPSA) is 73.3 Å². The fourth-order valence-electron chi connectivity index (χ4n) is 2.49. The highest BCUT2D eigenvalue weighted by Crippen LogP contribution is 2.33. The summed E-state index contributed by atoms with van der Waals surface area (Å²) in [7, 11) is 1.62. The molecule has 2 aromatic carbocycles. The zero-order valence-electron chi connectivity index (χ0n) is 15.8. The average Bonchev–Trinajstić information content (AvgIpc) is 3.15. The maximum atomic E-state index is 12.7. The van der Waals surface area contributed by atoms with Crippen LogP contribution in [0.5, 0.6) is 11.5 Å². The molecule has 0 unspecified atom stereocenters. The van der Waals surface area contributed by atoms with Gasteiger partial charge in [0, 0.05) is 5.56 Å². The number of hydrogen-bond donors (Lipinski definition) is 1. The van der Waals surface area contributed by atoms with Gasteiger partial charge in [-0.1, -0.05) is 35.2 Å². The van der Waals surface area contributed by atoms with Gasteiger partial charge in [-0.2, -0.15) is 0 Å². The molecule has 1 aromatic heterocycles. The number of anilines is 2. The quantitative estimate of drug-likeness (QED) is 0.387. The second-order valence-electron chi connectivity index (χ2n) is 5.78. The number of carbonyl (C=O) groups is 1. The van der Waals surface area contributed by atoms with Crippen LogP contribution < -0.4 is 14.8 Å². The molecule has 146 valence electrons. The Morgan fingerprint density at radius 3 is 2.64 bits per heavy atom. The van der Waals surface area contributed by atoms with E-state index in [1.807, 2.05) is 50.2 Å². The molecule has 0 spiro atoms. The first-order chi connectivity index (χ1) is 13.6. The van der Waals surface area contributed by atoms with E-state index in [0.717, 1.165) is 21.5 Å². The number of benzene rings is 2. The molecule has 3 rings (SSSR count). The highest BCUT2D eigenvalue weighted by molar-refractivity contribution is 8.02. The standard InChI is InChI=1S/C20H21N3O3S2/c1-4-26-15-11-9-14(10-12-15)18(24)13(2)27-20-23-22-19(28-20)21-16-7-5-6-8-17(16)25-3/h5-13H,4H2,1-3H3,(H,21,22)/t13-/m1/s1. The lowest BCUT2D eigenvalue weighted by atomic mass is 10.1. The molecule has 0 aliphatic carbocycles. The Morgan fingerprint density at radius 1 is 1.18 bits per heavy atom. The smallest absolute Gasteiger partial charge is 0.210 e. The number of nitrogens with zero attached hydrogens (tertiary/aromatic N) is 2. The zero-order chi connectivity index (χ0) is 19.9. The van der Waals surface area contributed by atoms with Crippen LogP contribution in [0.15, 0.2) is 52.9 Å². The molecular weight excluding hydrogens is 394 g/mol. The highest BCUT2D eigenvalue weighted by atomic mass is 32.2. The molecule has 1 heterocycles. The van der Waals surface area contributed by atoms with Gasteiger partial charge in [0.05, 0.1) is 24.7 Å². The SMILES string of the molecule is CCOc1ccc(C(=O)[C@@H](C)Sc2nnc(Nc3ccccc3OC)s2)cc1. The summed E-state index contributed by atoms with van der Waals surface area (Å²) in [4.78, 5) is 12.7. The first kappa shape index (κ1) is 20.2. The third-order valence-electron chi connectivity index (χ3n) is 3.85. The molecule has 28 heavy (non-hydrogen) atoms.